The van der Waals surface area contributed by atoms with Gasteiger partial charge in [0.05, 0.1) is 27.8 Å². The minimum Gasteiger partial charge on any atom is -0.342 e. The minimum atomic E-state index is -0.315. The number of carbonyl (C=O) groups excluding carboxylic acids is 2. The summed E-state index contributed by atoms with van der Waals surface area (Å²) >= 11 is 9.36. The monoisotopic (exact) mass is 455 g/mol. The van der Waals surface area contributed by atoms with Crippen LogP contribution in [-0.2, 0) is 4.79 Å². The smallest absolute Gasteiger partial charge is 0.263 e. The third-order valence-corrected chi connectivity index (χ3v) is 8.12. The molecule has 3 heterocycles. The van der Waals surface area contributed by atoms with Gasteiger partial charge in [-0.25, -0.2) is 4.98 Å². The number of nitrogens with zero attached hydrogens (tertiary/aromatic N) is 2. The molecular formula is C22H18ClN3O2S2. The van der Waals surface area contributed by atoms with Gasteiger partial charge >= 0.3 is 0 Å². The maximum Gasteiger partial charge on any atom is 0.263 e. The maximum atomic E-state index is 12.9. The zero-order chi connectivity index (χ0) is 20.7. The predicted octanol–water partition coefficient (Wildman–Crippen LogP) is 5.26. The molecule has 0 bridgehead atoms. The van der Waals surface area contributed by atoms with E-state index in [-0.39, 0.29) is 24.4 Å². The van der Waals surface area contributed by atoms with Crippen molar-refractivity contribution in [2.75, 3.05) is 13.1 Å². The largest absolute Gasteiger partial charge is 0.342 e. The van der Waals surface area contributed by atoms with Gasteiger partial charge in [-0.2, -0.15) is 0 Å². The highest BCUT2D eigenvalue weighted by Gasteiger charge is 2.32. The molecule has 0 saturated carbocycles. The topological polar surface area (TPSA) is 62.3 Å². The summed E-state index contributed by atoms with van der Waals surface area (Å²) < 4.78 is 2.08. The molecule has 1 aliphatic rings. The molecule has 152 valence electrons. The molecular weight excluding hydrogens is 438 g/mol. The quantitative estimate of drug-likeness (QED) is 0.456. The number of hydrogen-bond acceptors (Lipinski definition) is 5. The van der Waals surface area contributed by atoms with Crippen molar-refractivity contribution in [3.8, 4) is 0 Å². The summed E-state index contributed by atoms with van der Waals surface area (Å²) in [5, 5.41) is 5.01. The molecule has 0 unspecified atom stereocenters. The van der Waals surface area contributed by atoms with E-state index < -0.39 is 0 Å². The number of halogens is 1. The number of amides is 2. The molecule has 1 aliphatic heterocycles. The average Bonchev–Trinajstić information content (AvgIpc) is 3.48. The second-order valence-corrected chi connectivity index (χ2v) is 9.68. The second kappa shape index (κ2) is 7.98. The van der Waals surface area contributed by atoms with Gasteiger partial charge in [-0.15, -0.1) is 22.7 Å². The second-order valence-electron chi connectivity index (χ2n) is 7.19. The van der Waals surface area contributed by atoms with Gasteiger partial charge in [0.25, 0.3) is 5.91 Å². The highest BCUT2D eigenvalue weighted by molar-refractivity contribution is 7.21. The van der Waals surface area contributed by atoms with Gasteiger partial charge in [0.2, 0.25) is 5.91 Å². The number of likely N-dealkylation sites (tertiary alicyclic amines) is 1. The van der Waals surface area contributed by atoms with Crippen LogP contribution in [0.2, 0.25) is 5.02 Å². The van der Waals surface area contributed by atoms with Crippen LogP contribution in [0.1, 0.15) is 33.6 Å². The number of benzene rings is 2. The zero-order valence-corrected chi connectivity index (χ0v) is 18.3. The fourth-order valence-electron chi connectivity index (χ4n) is 3.85. The van der Waals surface area contributed by atoms with Crippen LogP contribution in [0.5, 0.6) is 0 Å². The van der Waals surface area contributed by atoms with Crippen molar-refractivity contribution < 1.29 is 9.59 Å². The van der Waals surface area contributed by atoms with Crippen molar-refractivity contribution in [3.05, 3.63) is 63.4 Å². The normalized spacial score (nSPS) is 16.4. The first-order valence-electron chi connectivity index (χ1n) is 9.72. The van der Waals surface area contributed by atoms with E-state index in [9.17, 15) is 9.59 Å². The number of nitrogens with one attached hydrogen (secondary N) is 1. The summed E-state index contributed by atoms with van der Waals surface area (Å²) in [5.41, 5.74) is 0.963. The van der Waals surface area contributed by atoms with Gasteiger partial charge in [-0.1, -0.05) is 41.9 Å². The highest BCUT2D eigenvalue weighted by Crippen LogP contribution is 2.37. The predicted molar refractivity (Wildman–Crippen MR) is 122 cm³/mol. The highest BCUT2D eigenvalue weighted by atomic mass is 35.5. The molecule has 1 saturated heterocycles. The Morgan fingerprint density at radius 2 is 1.87 bits per heavy atom. The Kier molecular flexibility index (Phi) is 5.18. The molecule has 2 aromatic heterocycles. The van der Waals surface area contributed by atoms with Crippen molar-refractivity contribution in [3.63, 3.8) is 0 Å². The standard InChI is InChI=1S/C22H18ClN3O2S2/c23-19-13-6-1-3-9-16(13)29-20(19)21(28)24-12-18(27)26-11-5-8-15(26)22-25-14-7-2-4-10-17(14)30-22/h1-4,6-7,9-10,15H,5,8,11-12H2,(H,24,28)/t15-/m1/s1. The fourth-order valence-corrected chi connectivity index (χ4v) is 6.40. The van der Waals surface area contributed by atoms with E-state index in [4.69, 9.17) is 16.6 Å². The Labute approximate surface area is 186 Å². The van der Waals surface area contributed by atoms with E-state index in [1.54, 1.807) is 11.3 Å². The third kappa shape index (κ3) is 3.47. The molecule has 2 amide bonds. The first-order valence-corrected chi connectivity index (χ1v) is 11.7. The number of carbonyl (C=O) groups is 2. The van der Waals surface area contributed by atoms with Gasteiger partial charge in [0, 0.05) is 16.6 Å². The van der Waals surface area contributed by atoms with Crippen LogP contribution in [0.4, 0.5) is 0 Å². The van der Waals surface area contributed by atoms with E-state index in [1.807, 2.05) is 53.4 Å². The molecule has 0 radical (unpaired) electrons. The average molecular weight is 456 g/mol. The summed E-state index contributed by atoms with van der Waals surface area (Å²) in [7, 11) is 0. The van der Waals surface area contributed by atoms with Crippen molar-refractivity contribution in [2.45, 2.75) is 18.9 Å². The molecule has 8 heteroatoms. The minimum absolute atomic E-state index is 0.0280. The van der Waals surface area contributed by atoms with Crippen LogP contribution in [-0.4, -0.2) is 34.8 Å². The van der Waals surface area contributed by atoms with Crippen LogP contribution in [0.25, 0.3) is 20.3 Å². The molecule has 30 heavy (non-hydrogen) atoms. The lowest BCUT2D eigenvalue weighted by Crippen LogP contribution is -2.39. The third-order valence-electron chi connectivity index (χ3n) is 5.31. The Bertz CT molecular complexity index is 1230. The Hall–Kier alpha value is -2.48. The van der Waals surface area contributed by atoms with Crippen LogP contribution in [0.15, 0.2) is 48.5 Å². The molecule has 0 aliphatic carbocycles. The summed E-state index contributed by atoms with van der Waals surface area (Å²) in [6.07, 6.45) is 1.82. The molecule has 1 N–H and O–H groups in total. The fraction of sp³-hybridized carbons (Fsp3) is 0.227. The summed E-state index contributed by atoms with van der Waals surface area (Å²) in [5.74, 6) is -0.410. The zero-order valence-electron chi connectivity index (χ0n) is 15.9. The van der Waals surface area contributed by atoms with Crippen molar-refractivity contribution in [2.24, 2.45) is 0 Å². The number of thiazole rings is 1. The summed E-state index contributed by atoms with van der Waals surface area (Å²) in [4.78, 5) is 32.6. The van der Waals surface area contributed by atoms with E-state index >= 15 is 0 Å². The van der Waals surface area contributed by atoms with Gasteiger partial charge in [-0.05, 0) is 31.0 Å². The van der Waals surface area contributed by atoms with E-state index in [2.05, 4.69) is 5.32 Å². The lowest BCUT2D eigenvalue weighted by atomic mass is 10.2. The molecule has 2 aromatic carbocycles. The number of thiophene rings is 1. The van der Waals surface area contributed by atoms with Gasteiger partial charge < -0.3 is 10.2 Å². The number of para-hydroxylation sites is 1. The first-order chi connectivity index (χ1) is 14.6. The maximum absolute atomic E-state index is 12.9. The van der Waals surface area contributed by atoms with Gasteiger partial charge in [0.15, 0.2) is 0 Å². The molecule has 1 atom stereocenters. The van der Waals surface area contributed by atoms with E-state index in [0.717, 1.165) is 38.2 Å². The lowest BCUT2D eigenvalue weighted by Gasteiger charge is -2.23. The molecule has 0 spiro atoms. The number of aromatic nitrogens is 1. The summed E-state index contributed by atoms with van der Waals surface area (Å²) in [6, 6.07) is 15.6. The van der Waals surface area contributed by atoms with Crippen molar-refractivity contribution >= 4 is 66.4 Å². The molecule has 5 rings (SSSR count). The van der Waals surface area contributed by atoms with Crippen LogP contribution < -0.4 is 5.32 Å². The van der Waals surface area contributed by atoms with Gasteiger partial charge in [-0.3, -0.25) is 9.59 Å². The van der Waals surface area contributed by atoms with E-state index in [1.165, 1.54) is 11.3 Å². The molecule has 1 fully saturated rings. The number of hydrogen-bond donors (Lipinski definition) is 1. The molecule has 5 nitrogen and oxygen atoms in total. The van der Waals surface area contributed by atoms with Gasteiger partial charge in [0.1, 0.15) is 9.88 Å². The number of rotatable bonds is 4. The molecule has 4 aromatic rings. The first kappa shape index (κ1) is 19.5. The van der Waals surface area contributed by atoms with Crippen LogP contribution in [0.3, 0.4) is 0 Å². The van der Waals surface area contributed by atoms with Crippen molar-refractivity contribution in [1.82, 2.24) is 15.2 Å². The van der Waals surface area contributed by atoms with Crippen molar-refractivity contribution in [1.29, 1.82) is 0 Å². The Morgan fingerprint density at radius 3 is 2.67 bits per heavy atom. The Morgan fingerprint density at radius 1 is 1.10 bits per heavy atom. The lowest BCUT2D eigenvalue weighted by molar-refractivity contribution is -0.131. The Balaban J connectivity index is 1.29. The SMILES string of the molecule is O=C(NCC(=O)N1CCC[C@@H]1c1nc2ccccc2s1)c1sc2ccccc2c1Cl. The van der Waals surface area contributed by atoms with E-state index in [0.29, 0.717) is 16.4 Å². The van der Waals surface area contributed by atoms with Crippen LogP contribution >= 0.6 is 34.3 Å². The number of fused-ring (bicyclic) bond motifs is 2. The summed E-state index contributed by atoms with van der Waals surface area (Å²) in [6.45, 7) is 0.629. The van der Waals surface area contributed by atoms with Crippen LogP contribution in [0, 0.1) is 0 Å².